The average molecular weight is 501 g/mol. The zero-order valence-corrected chi connectivity index (χ0v) is 21.7. The number of hydrogen-bond acceptors (Lipinski definition) is 6. The number of ketones is 1. The molecule has 8 nitrogen and oxygen atoms in total. The highest BCUT2D eigenvalue weighted by Crippen LogP contribution is 2.27. The van der Waals surface area contributed by atoms with Crippen LogP contribution in [0.15, 0.2) is 30.3 Å². The van der Waals surface area contributed by atoms with Gasteiger partial charge in [-0.1, -0.05) is 50.6 Å². The van der Waals surface area contributed by atoms with E-state index in [4.69, 9.17) is 4.74 Å². The molecule has 2 amide bonds. The molecule has 36 heavy (non-hydrogen) atoms. The van der Waals surface area contributed by atoms with E-state index in [1.807, 2.05) is 37.3 Å². The minimum Gasteiger partial charge on any atom is -0.460 e. The van der Waals surface area contributed by atoms with Crippen molar-refractivity contribution in [1.29, 1.82) is 0 Å². The van der Waals surface area contributed by atoms with E-state index >= 15 is 0 Å². The Kier molecular flexibility index (Phi) is 10.0. The van der Waals surface area contributed by atoms with Gasteiger partial charge < -0.3 is 24.9 Å². The van der Waals surface area contributed by atoms with Gasteiger partial charge in [-0.2, -0.15) is 0 Å². The Hall–Kier alpha value is -2.74. The molecule has 0 bridgehead atoms. The number of aliphatic hydroxyl groups excluding tert-OH is 1. The molecule has 0 saturated carbocycles. The monoisotopic (exact) mass is 500 g/mol. The van der Waals surface area contributed by atoms with Gasteiger partial charge in [-0.3, -0.25) is 9.59 Å². The standard InChI is InChI=1S/C28H40N2O6/c1-18(10-7-8-11-19(2)31)25-17-24(32)20(3)26(33)29-22(16-21-12-5-4-6-13-21)27(34)30-15-9-14-23(30)28(35)36-25/h4-6,12-13,18,20,22-25,32H,7-11,14-17H2,1-3H3,(H,29,33)/t18?,20?,22-,23+,24?,25?/m1/s1. The number of esters is 1. The average Bonchev–Trinajstić information content (AvgIpc) is 3.34. The van der Waals surface area contributed by atoms with E-state index in [1.54, 1.807) is 18.7 Å². The Morgan fingerprint density at radius 1 is 1.19 bits per heavy atom. The summed E-state index contributed by atoms with van der Waals surface area (Å²) < 4.78 is 5.94. The second-order valence-electron chi connectivity index (χ2n) is 10.4. The van der Waals surface area contributed by atoms with Gasteiger partial charge in [0.05, 0.1) is 12.0 Å². The number of rotatable bonds is 8. The Labute approximate surface area is 213 Å². The van der Waals surface area contributed by atoms with Crippen molar-refractivity contribution in [3.8, 4) is 0 Å². The van der Waals surface area contributed by atoms with Crippen LogP contribution in [0.4, 0.5) is 0 Å². The van der Waals surface area contributed by atoms with Crippen LogP contribution in [0.25, 0.3) is 0 Å². The van der Waals surface area contributed by atoms with Crippen LogP contribution in [-0.4, -0.2) is 64.4 Å². The summed E-state index contributed by atoms with van der Waals surface area (Å²) in [4.78, 5) is 52.8. The minimum atomic E-state index is -1.03. The molecule has 2 N–H and O–H groups in total. The normalized spacial score (nSPS) is 28.4. The molecule has 2 saturated heterocycles. The Bertz CT molecular complexity index is 920. The summed E-state index contributed by atoms with van der Waals surface area (Å²) in [6, 6.07) is 7.89. The Morgan fingerprint density at radius 3 is 2.61 bits per heavy atom. The van der Waals surface area contributed by atoms with Crippen LogP contribution < -0.4 is 5.32 Å². The van der Waals surface area contributed by atoms with Crippen LogP contribution in [-0.2, 0) is 30.3 Å². The number of ether oxygens (including phenoxy) is 1. The number of cyclic esters (lactones) is 1. The van der Waals surface area contributed by atoms with Gasteiger partial charge in [-0.25, -0.2) is 4.79 Å². The Morgan fingerprint density at radius 2 is 1.92 bits per heavy atom. The van der Waals surface area contributed by atoms with Crippen LogP contribution in [0.1, 0.15) is 71.3 Å². The first-order valence-corrected chi connectivity index (χ1v) is 13.2. The van der Waals surface area contributed by atoms with Crippen molar-refractivity contribution < 1.29 is 29.0 Å². The molecule has 8 heteroatoms. The van der Waals surface area contributed by atoms with Crippen molar-refractivity contribution in [2.75, 3.05) is 6.54 Å². The molecular weight excluding hydrogens is 460 g/mol. The number of fused-ring (bicyclic) bond motifs is 1. The minimum absolute atomic E-state index is 0.0647. The highest BCUT2D eigenvalue weighted by Gasteiger charge is 2.41. The zero-order chi connectivity index (χ0) is 26.2. The molecular formula is C28H40N2O6. The first-order valence-electron chi connectivity index (χ1n) is 13.2. The van der Waals surface area contributed by atoms with E-state index in [-0.39, 0.29) is 24.0 Å². The SMILES string of the molecule is CC(=O)CCCCC(C)C1CC(O)C(C)C(=O)N[C@H](Cc2ccccc2)C(=O)N2CCC[C@H]2C(=O)O1. The number of amides is 2. The number of Topliss-reactive ketones (excluding diaryl/α,β-unsaturated/α-hetero) is 1. The van der Waals surface area contributed by atoms with Gasteiger partial charge in [-0.15, -0.1) is 0 Å². The van der Waals surface area contributed by atoms with E-state index in [2.05, 4.69) is 5.32 Å². The highest BCUT2D eigenvalue weighted by atomic mass is 16.5. The van der Waals surface area contributed by atoms with Crippen molar-refractivity contribution >= 4 is 23.6 Å². The lowest BCUT2D eigenvalue weighted by Gasteiger charge is -2.34. The largest absolute Gasteiger partial charge is 0.460 e. The maximum Gasteiger partial charge on any atom is 0.329 e. The molecule has 0 radical (unpaired) electrons. The second kappa shape index (κ2) is 13.0. The van der Waals surface area contributed by atoms with Gasteiger partial charge in [0.25, 0.3) is 0 Å². The Balaban J connectivity index is 1.81. The van der Waals surface area contributed by atoms with Gasteiger partial charge in [0, 0.05) is 25.8 Å². The number of nitrogens with zero attached hydrogens (tertiary/aromatic N) is 1. The van der Waals surface area contributed by atoms with Crippen LogP contribution in [0.5, 0.6) is 0 Å². The maximum atomic E-state index is 13.6. The van der Waals surface area contributed by atoms with Crippen LogP contribution in [0, 0.1) is 11.8 Å². The summed E-state index contributed by atoms with van der Waals surface area (Å²) in [6.45, 7) is 5.59. The summed E-state index contributed by atoms with van der Waals surface area (Å²) in [7, 11) is 0. The summed E-state index contributed by atoms with van der Waals surface area (Å²) >= 11 is 0. The van der Waals surface area contributed by atoms with Crippen molar-refractivity contribution in [3.05, 3.63) is 35.9 Å². The quantitative estimate of drug-likeness (QED) is 0.419. The highest BCUT2D eigenvalue weighted by molar-refractivity contribution is 5.92. The molecule has 4 unspecified atom stereocenters. The summed E-state index contributed by atoms with van der Waals surface area (Å²) in [5.41, 5.74) is 0.897. The fraction of sp³-hybridized carbons (Fsp3) is 0.643. The first-order chi connectivity index (χ1) is 17.2. The molecule has 2 aliphatic rings. The molecule has 3 rings (SSSR count). The molecule has 1 aromatic carbocycles. The number of unbranched alkanes of at least 4 members (excludes halogenated alkanes) is 1. The van der Waals surface area contributed by atoms with E-state index in [1.165, 1.54) is 0 Å². The number of hydrogen-bond donors (Lipinski definition) is 2. The third kappa shape index (κ3) is 7.38. The first kappa shape index (κ1) is 27.8. The van der Waals surface area contributed by atoms with Gasteiger partial charge >= 0.3 is 5.97 Å². The second-order valence-corrected chi connectivity index (χ2v) is 10.4. The van der Waals surface area contributed by atoms with Crippen molar-refractivity contribution in [3.63, 3.8) is 0 Å². The zero-order valence-electron chi connectivity index (χ0n) is 21.7. The number of benzene rings is 1. The van der Waals surface area contributed by atoms with Crippen molar-refractivity contribution in [2.24, 2.45) is 11.8 Å². The molecule has 0 aromatic heterocycles. The fourth-order valence-corrected chi connectivity index (χ4v) is 5.10. The molecule has 1 aromatic rings. The lowest BCUT2D eigenvalue weighted by molar-refractivity contribution is -0.163. The van der Waals surface area contributed by atoms with Crippen molar-refractivity contribution in [1.82, 2.24) is 10.2 Å². The lowest BCUT2D eigenvalue weighted by atomic mass is 9.89. The number of nitrogens with one attached hydrogen (secondary N) is 1. The number of aliphatic hydroxyl groups is 1. The number of carbonyl (C=O) groups is 4. The fourth-order valence-electron chi connectivity index (χ4n) is 5.10. The predicted molar refractivity (Wildman–Crippen MR) is 135 cm³/mol. The molecule has 0 aliphatic carbocycles. The smallest absolute Gasteiger partial charge is 0.329 e. The van der Waals surface area contributed by atoms with Crippen molar-refractivity contribution in [2.45, 2.75) is 96.4 Å². The predicted octanol–water partition coefficient (Wildman–Crippen LogP) is 2.80. The van der Waals surface area contributed by atoms with Gasteiger partial charge in [0.15, 0.2) is 0 Å². The summed E-state index contributed by atoms with van der Waals surface area (Å²) in [6.07, 6.45) is 2.81. The molecule has 198 valence electrons. The molecule has 2 aliphatic heterocycles. The molecule has 6 atom stereocenters. The number of carbonyl (C=O) groups excluding carboxylic acids is 4. The van der Waals surface area contributed by atoms with E-state index < -0.39 is 42.1 Å². The van der Waals surface area contributed by atoms with Crippen LogP contribution in [0.2, 0.25) is 0 Å². The summed E-state index contributed by atoms with van der Waals surface area (Å²) in [5, 5.41) is 13.8. The van der Waals surface area contributed by atoms with E-state index in [9.17, 15) is 24.3 Å². The van der Waals surface area contributed by atoms with E-state index in [0.29, 0.717) is 32.2 Å². The van der Waals surface area contributed by atoms with Crippen LogP contribution in [0.3, 0.4) is 0 Å². The third-order valence-electron chi connectivity index (χ3n) is 7.51. The van der Waals surface area contributed by atoms with Gasteiger partial charge in [0.2, 0.25) is 11.8 Å². The molecule has 2 fully saturated rings. The molecule has 2 heterocycles. The van der Waals surface area contributed by atoms with E-state index in [0.717, 1.165) is 24.8 Å². The van der Waals surface area contributed by atoms with Crippen LogP contribution >= 0.6 is 0 Å². The van der Waals surface area contributed by atoms with Gasteiger partial charge in [0.1, 0.15) is 24.0 Å². The molecule has 0 spiro atoms. The third-order valence-corrected chi connectivity index (χ3v) is 7.51. The lowest BCUT2D eigenvalue weighted by Crippen LogP contribution is -2.55. The van der Waals surface area contributed by atoms with Gasteiger partial charge in [-0.05, 0) is 44.1 Å². The topological polar surface area (TPSA) is 113 Å². The maximum absolute atomic E-state index is 13.6. The summed E-state index contributed by atoms with van der Waals surface area (Å²) in [5.74, 6) is -1.85.